The fourth-order valence-electron chi connectivity index (χ4n) is 1.76. The summed E-state index contributed by atoms with van der Waals surface area (Å²) in [5.74, 6) is -1.20. The predicted octanol–water partition coefficient (Wildman–Crippen LogP) is 2.57. The van der Waals surface area contributed by atoms with Crippen LogP contribution in [0.25, 0.3) is 0 Å². The lowest BCUT2D eigenvalue weighted by Gasteiger charge is -2.09. The van der Waals surface area contributed by atoms with Crippen LogP contribution in [0.15, 0.2) is 36.4 Å². The minimum atomic E-state index is -0.674. The van der Waals surface area contributed by atoms with Gasteiger partial charge in [0.05, 0.1) is 16.2 Å². The van der Waals surface area contributed by atoms with E-state index >= 15 is 0 Å². The molecule has 2 aromatic carbocycles. The van der Waals surface area contributed by atoms with Crippen LogP contribution >= 0.6 is 0 Å². The van der Waals surface area contributed by atoms with Crippen LogP contribution in [0.1, 0.15) is 15.9 Å². The Morgan fingerprint density at radius 3 is 2.48 bits per heavy atom. The molecule has 0 atom stereocenters. The summed E-state index contributed by atoms with van der Waals surface area (Å²) in [6.45, 7) is 1.75. The molecule has 0 aliphatic heterocycles. The molecular formula is C14H12N2O5. The van der Waals surface area contributed by atoms with Crippen molar-refractivity contribution in [2.45, 2.75) is 6.92 Å². The highest BCUT2D eigenvalue weighted by Crippen LogP contribution is 2.29. The lowest BCUT2D eigenvalue weighted by Crippen LogP contribution is -2.12. The first-order valence-corrected chi connectivity index (χ1v) is 5.97. The number of nitro groups is 1. The van der Waals surface area contributed by atoms with Crippen LogP contribution in [0.3, 0.4) is 0 Å². The quantitative estimate of drug-likeness (QED) is 0.456. The summed E-state index contributed by atoms with van der Waals surface area (Å²) in [7, 11) is 0. The van der Waals surface area contributed by atoms with E-state index in [1.807, 2.05) is 0 Å². The topological polar surface area (TPSA) is 113 Å². The van der Waals surface area contributed by atoms with E-state index in [-0.39, 0.29) is 28.4 Å². The summed E-state index contributed by atoms with van der Waals surface area (Å²) in [5.41, 5.74) is 0.411. The molecule has 2 rings (SSSR count). The summed E-state index contributed by atoms with van der Waals surface area (Å²) in [6.07, 6.45) is 0. The van der Waals surface area contributed by atoms with Gasteiger partial charge in [-0.1, -0.05) is 11.6 Å². The maximum atomic E-state index is 12.1. The number of hydrogen-bond donors (Lipinski definition) is 3. The van der Waals surface area contributed by atoms with Crippen LogP contribution in [-0.2, 0) is 0 Å². The molecule has 108 valence electrons. The monoisotopic (exact) mass is 288 g/mol. The van der Waals surface area contributed by atoms with Crippen LogP contribution in [0, 0.1) is 17.0 Å². The zero-order valence-corrected chi connectivity index (χ0v) is 11.0. The number of rotatable bonds is 3. The van der Waals surface area contributed by atoms with Gasteiger partial charge in [-0.05, 0) is 25.1 Å². The van der Waals surface area contributed by atoms with Gasteiger partial charge in [0.2, 0.25) is 0 Å². The van der Waals surface area contributed by atoms with Gasteiger partial charge in [-0.15, -0.1) is 0 Å². The summed E-state index contributed by atoms with van der Waals surface area (Å²) < 4.78 is 0. The number of nitro benzene ring substituents is 1. The highest BCUT2D eigenvalue weighted by molar-refractivity contribution is 6.07. The third-order valence-corrected chi connectivity index (χ3v) is 2.84. The summed E-state index contributed by atoms with van der Waals surface area (Å²) in [6, 6.07) is 7.76. The van der Waals surface area contributed by atoms with Gasteiger partial charge in [0.25, 0.3) is 11.6 Å². The molecule has 3 N–H and O–H groups in total. The van der Waals surface area contributed by atoms with Crippen molar-refractivity contribution in [3.8, 4) is 11.5 Å². The number of non-ortho nitro benzene ring substituents is 1. The Kier molecular flexibility index (Phi) is 3.75. The third kappa shape index (κ3) is 3.08. The number of aromatic hydroxyl groups is 2. The second-order valence-electron chi connectivity index (χ2n) is 4.43. The SMILES string of the molecule is Cc1ccc(O)c(C(=O)Nc2cc([N+](=O)[O-])ccc2O)c1. The van der Waals surface area contributed by atoms with Gasteiger partial charge in [0, 0.05) is 12.1 Å². The van der Waals surface area contributed by atoms with Gasteiger partial charge in [-0.3, -0.25) is 14.9 Å². The number of phenols is 2. The molecule has 7 nitrogen and oxygen atoms in total. The van der Waals surface area contributed by atoms with Gasteiger partial charge in [-0.2, -0.15) is 0 Å². The van der Waals surface area contributed by atoms with Crippen molar-refractivity contribution >= 4 is 17.3 Å². The minimum absolute atomic E-state index is 0.0147. The maximum Gasteiger partial charge on any atom is 0.271 e. The van der Waals surface area contributed by atoms with Crippen molar-refractivity contribution in [2.24, 2.45) is 0 Å². The number of carbonyl (C=O) groups excluding carboxylic acids is 1. The molecule has 0 saturated heterocycles. The van der Waals surface area contributed by atoms with E-state index in [1.165, 1.54) is 12.1 Å². The Morgan fingerprint density at radius 1 is 1.14 bits per heavy atom. The van der Waals surface area contributed by atoms with E-state index in [0.29, 0.717) is 0 Å². The average Bonchev–Trinajstić information content (AvgIpc) is 2.43. The van der Waals surface area contributed by atoms with E-state index in [2.05, 4.69) is 5.32 Å². The van der Waals surface area contributed by atoms with Gasteiger partial charge in [0.15, 0.2) is 0 Å². The zero-order valence-electron chi connectivity index (χ0n) is 11.0. The zero-order chi connectivity index (χ0) is 15.6. The van der Waals surface area contributed by atoms with Crippen molar-refractivity contribution < 1.29 is 19.9 Å². The lowest BCUT2D eigenvalue weighted by molar-refractivity contribution is -0.384. The molecule has 0 bridgehead atoms. The largest absolute Gasteiger partial charge is 0.507 e. The smallest absolute Gasteiger partial charge is 0.271 e. The van der Waals surface area contributed by atoms with E-state index in [0.717, 1.165) is 23.8 Å². The van der Waals surface area contributed by atoms with Gasteiger partial charge < -0.3 is 15.5 Å². The second kappa shape index (κ2) is 5.49. The normalized spacial score (nSPS) is 10.1. The van der Waals surface area contributed by atoms with Crippen LogP contribution in [0.5, 0.6) is 11.5 Å². The molecule has 7 heteroatoms. The van der Waals surface area contributed by atoms with Crippen molar-refractivity contribution in [2.75, 3.05) is 5.32 Å². The molecule has 0 unspecified atom stereocenters. The number of phenolic OH excluding ortho intramolecular Hbond substituents is 2. The number of hydrogen-bond acceptors (Lipinski definition) is 5. The number of nitrogens with zero attached hydrogens (tertiary/aromatic N) is 1. The minimum Gasteiger partial charge on any atom is -0.507 e. The average molecular weight is 288 g/mol. The number of amides is 1. The molecule has 0 aliphatic rings. The van der Waals surface area contributed by atoms with Crippen LogP contribution < -0.4 is 5.32 Å². The van der Waals surface area contributed by atoms with E-state index in [1.54, 1.807) is 13.0 Å². The van der Waals surface area contributed by atoms with Gasteiger partial charge in [0.1, 0.15) is 11.5 Å². The molecule has 0 spiro atoms. The molecular weight excluding hydrogens is 276 g/mol. The molecule has 2 aromatic rings. The van der Waals surface area contributed by atoms with E-state index < -0.39 is 10.8 Å². The first-order valence-electron chi connectivity index (χ1n) is 5.97. The molecule has 0 fully saturated rings. The first-order chi connectivity index (χ1) is 9.88. The van der Waals surface area contributed by atoms with Crippen LogP contribution in [0.4, 0.5) is 11.4 Å². The summed E-state index contributed by atoms with van der Waals surface area (Å²) in [5, 5.41) is 32.3. The standard InChI is InChI=1S/C14H12N2O5/c1-8-2-4-12(17)10(6-8)14(19)15-11-7-9(16(20)21)3-5-13(11)18/h2-7,17-18H,1H3,(H,15,19). The molecule has 21 heavy (non-hydrogen) atoms. The predicted molar refractivity (Wildman–Crippen MR) is 75.6 cm³/mol. The maximum absolute atomic E-state index is 12.1. The Balaban J connectivity index is 2.33. The number of benzene rings is 2. The van der Waals surface area contributed by atoms with Crippen molar-refractivity contribution in [3.05, 3.63) is 57.6 Å². The fraction of sp³-hybridized carbons (Fsp3) is 0.0714. The van der Waals surface area contributed by atoms with Crippen molar-refractivity contribution in [1.82, 2.24) is 0 Å². The first kappa shape index (κ1) is 14.3. The van der Waals surface area contributed by atoms with Gasteiger partial charge in [-0.25, -0.2) is 0 Å². The Bertz CT molecular complexity index is 727. The highest BCUT2D eigenvalue weighted by Gasteiger charge is 2.16. The van der Waals surface area contributed by atoms with E-state index in [9.17, 15) is 25.1 Å². The lowest BCUT2D eigenvalue weighted by atomic mass is 10.1. The van der Waals surface area contributed by atoms with E-state index in [4.69, 9.17) is 0 Å². The molecule has 0 saturated carbocycles. The molecule has 0 heterocycles. The van der Waals surface area contributed by atoms with Crippen LogP contribution in [0.2, 0.25) is 0 Å². The highest BCUT2D eigenvalue weighted by atomic mass is 16.6. The Labute approximate surface area is 119 Å². The van der Waals surface area contributed by atoms with Crippen molar-refractivity contribution in [3.63, 3.8) is 0 Å². The van der Waals surface area contributed by atoms with Crippen molar-refractivity contribution in [1.29, 1.82) is 0 Å². The fourth-order valence-corrected chi connectivity index (χ4v) is 1.76. The Morgan fingerprint density at radius 2 is 1.81 bits per heavy atom. The molecule has 0 radical (unpaired) electrons. The molecule has 0 aromatic heterocycles. The number of carbonyl (C=O) groups is 1. The summed E-state index contributed by atoms with van der Waals surface area (Å²) in [4.78, 5) is 22.1. The number of nitrogens with one attached hydrogen (secondary N) is 1. The third-order valence-electron chi connectivity index (χ3n) is 2.84. The number of anilines is 1. The molecule has 1 amide bonds. The van der Waals surface area contributed by atoms with Gasteiger partial charge >= 0.3 is 0 Å². The van der Waals surface area contributed by atoms with Crippen LogP contribution in [-0.4, -0.2) is 21.0 Å². The Hall–Kier alpha value is -3.09. The molecule has 0 aliphatic carbocycles. The second-order valence-corrected chi connectivity index (χ2v) is 4.43. The number of aryl methyl sites for hydroxylation is 1. The summed E-state index contributed by atoms with van der Waals surface area (Å²) >= 11 is 0.